The van der Waals surface area contributed by atoms with E-state index in [1.165, 1.54) is 11.0 Å². The Labute approximate surface area is 158 Å². The second-order valence-corrected chi connectivity index (χ2v) is 6.31. The number of benzene rings is 2. The highest BCUT2D eigenvalue weighted by atomic mass is 79.9. The Balaban J connectivity index is 2.07. The number of nitrogens with zero attached hydrogens (tertiary/aromatic N) is 2. The summed E-state index contributed by atoms with van der Waals surface area (Å²) in [7, 11) is 0. The van der Waals surface area contributed by atoms with Crippen molar-refractivity contribution in [1.29, 1.82) is 5.26 Å². The van der Waals surface area contributed by atoms with E-state index in [0.717, 1.165) is 0 Å². The minimum absolute atomic E-state index is 0.173. The molecule has 0 radical (unpaired) electrons. The van der Waals surface area contributed by atoms with E-state index in [1.54, 1.807) is 36.4 Å². The minimum atomic E-state index is -0.687. The molecule has 0 saturated carbocycles. The molecule has 128 valence electrons. The van der Waals surface area contributed by atoms with Gasteiger partial charge in [0.05, 0.1) is 23.1 Å². The van der Waals surface area contributed by atoms with Crippen molar-refractivity contribution in [2.45, 2.75) is 6.42 Å². The smallest absolute Gasteiger partial charge is 0.340 e. The number of amides is 1. The van der Waals surface area contributed by atoms with E-state index in [-0.39, 0.29) is 23.6 Å². The van der Waals surface area contributed by atoms with Crippen LogP contribution < -0.4 is 4.90 Å². The van der Waals surface area contributed by atoms with Crippen molar-refractivity contribution in [2.75, 3.05) is 18.1 Å². The van der Waals surface area contributed by atoms with Gasteiger partial charge in [-0.2, -0.15) is 5.26 Å². The Kier molecular flexibility index (Phi) is 6.99. The van der Waals surface area contributed by atoms with Crippen molar-refractivity contribution in [3.05, 3.63) is 63.6 Å². The summed E-state index contributed by atoms with van der Waals surface area (Å²) in [6, 6.07) is 15.7. The van der Waals surface area contributed by atoms with Gasteiger partial charge in [0.2, 0.25) is 0 Å². The lowest BCUT2D eigenvalue weighted by Gasteiger charge is -2.21. The SMILES string of the molecule is N#CCCN(C(=O)COC(=O)c1cc(Br)ccc1Cl)c1ccccc1. The Morgan fingerprint density at radius 3 is 2.60 bits per heavy atom. The standard InChI is InChI=1S/C18H14BrClN2O3/c19-13-7-8-16(20)15(11-13)18(24)25-12-17(23)22(10-4-9-21)14-5-2-1-3-6-14/h1-3,5-8,11H,4,10,12H2. The largest absolute Gasteiger partial charge is 0.452 e. The Morgan fingerprint density at radius 2 is 1.92 bits per heavy atom. The summed E-state index contributed by atoms with van der Waals surface area (Å²) >= 11 is 9.24. The molecule has 0 saturated heterocycles. The van der Waals surface area contributed by atoms with Gasteiger partial charge in [-0.15, -0.1) is 0 Å². The van der Waals surface area contributed by atoms with E-state index >= 15 is 0 Å². The number of rotatable bonds is 6. The van der Waals surface area contributed by atoms with Crippen LogP contribution in [-0.2, 0) is 9.53 Å². The lowest BCUT2D eigenvalue weighted by molar-refractivity contribution is -0.121. The maximum atomic E-state index is 12.4. The van der Waals surface area contributed by atoms with Crippen LogP contribution in [0.5, 0.6) is 0 Å². The number of esters is 1. The molecule has 0 bridgehead atoms. The number of anilines is 1. The van der Waals surface area contributed by atoms with Gasteiger partial charge in [0.25, 0.3) is 5.91 Å². The first-order valence-electron chi connectivity index (χ1n) is 7.37. The molecule has 0 N–H and O–H groups in total. The van der Waals surface area contributed by atoms with Crippen LogP contribution in [0.2, 0.25) is 5.02 Å². The third-order valence-electron chi connectivity index (χ3n) is 3.29. The second kappa shape index (κ2) is 9.21. The molecule has 25 heavy (non-hydrogen) atoms. The molecular formula is C18H14BrClN2O3. The lowest BCUT2D eigenvalue weighted by Crippen LogP contribution is -2.35. The van der Waals surface area contributed by atoms with Crippen molar-refractivity contribution in [3.8, 4) is 6.07 Å². The quantitative estimate of drug-likeness (QED) is 0.655. The zero-order valence-corrected chi connectivity index (χ0v) is 15.5. The van der Waals surface area contributed by atoms with Gasteiger partial charge in [-0.05, 0) is 30.3 Å². The number of halogens is 2. The van der Waals surface area contributed by atoms with E-state index in [9.17, 15) is 9.59 Å². The van der Waals surface area contributed by atoms with Crippen LogP contribution >= 0.6 is 27.5 Å². The third-order valence-corrected chi connectivity index (χ3v) is 4.11. The molecule has 0 fully saturated rings. The van der Waals surface area contributed by atoms with Crippen molar-refractivity contribution < 1.29 is 14.3 Å². The molecule has 0 aliphatic rings. The van der Waals surface area contributed by atoms with Gasteiger partial charge in [-0.1, -0.05) is 45.7 Å². The van der Waals surface area contributed by atoms with Gasteiger partial charge >= 0.3 is 5.97 Å². The molecule has 0 unspecified atom stereocenters. The fourth-order valence-electron chi connectivity index (χ4n) is 2.10. The number of hydrogen-bond acceptors (Lipinski definition) is 4. The Hall–Kier alpha value is -2.36. The van der Waals surface area contributed by atoms with Gasteiger partial charge in [-0.25, -0.2) is 4.79 Å². The highest BCUT2D eigenvalue weighted by Gasteiger charge is 2.19. The highest BCUT2D eigenvalue weighted by molar-refractivity contribution is 9.10. The molecule has 7 heteroatoms. The molecule has 1 amide bonds. The predicted molar refractivity (Wildman–Crippen MR) is 98.5 cm³/mol. The number of ether oxygens (including phenoxy) is 1. The fourth-order valence-corrected chi connectivity index (χ4v) is 2.66. The van der Waals surface area contributed by atoms with Crippen molar-refractivity contribution in [1.82, 2.24) is 0 Å². The van der Waals surface area contributed by atoms with Crippen molar-refractivity contribution in [2.24, 2.45) is 0 Å². The van der Waals surface area contributed by atoms with E-state index in [4.69, 9.17) is 21.6 Å². The summed E-state index contributed by atoms with van der Waals surface area (Å²) in [5, 5.41) is 9.02. The predicted octanol–water partition coefficient (Wildman–Crippen LogP) is 4.21. The van der Waals surface area contributed by atoms with Crippen LogP contribution in [0.15, 0.2) is 53.0 Å². The van der Waals surface area contributed by atoms with Crippen molar-refractivity contribution >= 4 is 45.1 Å². The molecule has 0 aromatic heterocycles. The average Bonchev–Trinajstić information content (AvgIpc) is 2.63. The number of nitriles is 1. The molecule has 0 aliphatic heterocycles. The summed E-state index contributed by atoms with van der Waals surface area (Å²) in [5.41, 5.74) is 0.811. The van der Waals surface area contributed by atoms with Crippen LogP contribution in [0.4, 0.5) is 5.69 Å². The Morgan fingerprint density at radius 1 is 1.20 bits per heavy atom. The second-order valence-electron chi connectivity index (χ2n) is 4.99. The van der Waals surface area contributed by atoms with E-state index in [1.807, 2.05) is 12.1 Å². The fraction of sp³-hybridized carbons (Fsp3) is 0.167. The van der Waals surface area contributed by atoms with Crippen LogP contribution in [0.25, 0.3) is 0 Å². The molecule has 2 rings (SSSR count). The van der Waals surface area contributed by atoms with Gasteiger partial charge < -0.3 is 9.64 Å². The number of carbonyl (C=O) groups is 2. The monoisotopic (exact) mass is 420 g/mol. The van der Waals surface area contributed by atoms with Crippen LogP contribution in [-0.4, -0.2) is 25.0 Å². The highest BCUT2D eigenvalue weighted by Crippen LogP contribution is 2.22. The van der Waals surface area contributed by atoms with Gasteiger partial charge in [-0.3, -0.25) is 4.79 Å². The topological polar surface area (TPSA) is 70.4 Å². The number of carbonyl (C=O) groups excluding carboxylic acids is 2. The summed E-state index contributed by atoms with van der Waals surface area (Å²) in [6.45, 7) is -0.226. The molecule has 0 spiro atoms. The third kappa shape index (κ3) is 5.31. The maximum absolute atomic E-state index is 12.4. The first-order valence-corrected chi connectivity index (χ1v) is 8.54. The molecule has 2 aromatic rings. The molecule has 0 aliphatic carbocycles. The normalized spacial score (nSPS) is 9.96. The summed E-state index contributed by atoms with van der Waals surface area (Å²) in [5.74, 6) is -1.10. The van der Waals surface area contributed by atoms with Gasteiger partial charge in [0.1, 0.15) is 0 Å². The number of hydrogen-bond donors (Lipinski definition) is 0. The minimum Gasteiger partial charge on any atom is -0.452 e. The molecule has 2 aromatic carbocycles. The van der Waals surface area contributed by atoms with E-state index in [0.29, 0.717) is 10.2 Å². The summed E-state index contributed by atoms with van der Waals surface area (Å²) in [4.78, 5) is 26.0. The first-order chi connectivity index (χ1) is 12.0. The lowest BCUT2D eigenvalue weighted by atomic mass is 10.2. The Bertz CT molecular complexity index is 806. The van der Waals surface area contributed by atoms with Gasteiger partial charge in [0, 0.05) is 16.7 Å². The van der Waals surface area contributed by atoms with Crippen LogP contribution in [0.3, 0.4) is 0 Å². The zero-order valence-electron chi connectivity index (χ0n) is 13.1. The molecule has 5 nitrogen and oxygen atoms in total. The number of para-hydroxylation sites is 1. The summed E-state index contributed by atoms with van der Waals surface area (Å²) in [6.07, 6.45) is 0.173. The molecule has 0 atom stereocenters. The first kappa shape index (κ1) is 19.0. The van der Waals surface area contributed by atoms with Crippen LogP contribution in [0, 0.1) is 11.3 Å². The van der Waals surface area contributed by atoms with Gasteiger partial charge in [0.15, 0.2) is 6.61 Å². The summed E-state index contributed by atoms with van der Waals surface area (Å²) < 4.78 is 5.77. The molecular weight excluding hydrogens is 408 g/mol. The molecule has 0 heterocycles. The maximum Gasteiger partial charge on any atom is 0.340 e. The van der Waals surface area contributed by atoms with E-state index in [2.05, 4.69) is 15.9 Å². The zero-order chi connectivity index (χ0) is 18.2. The van der Waals surface area contributed by atoms with Crippen LogP contribution in [0.1, 0.15) is 16.8 Å². The average molecular weight is 422 g/mol. The van der Waals surface area contributed by atoms with E-state index < -0.39 is 18.5 Å². The van der Waals surface area contributed by atoms with Crippen molar-refractivity contribution in [3.63, 3.8) is 0 Å².